The van der Waals surface area contributed by atoms with E-state index in [1.165, 1.54) is 0 Å². The van der Waals surface area contributed by atoms with E-state index in [-0.39, 0.29) is 11.8 Å². The molecule has 0 aromatic carbocycles. The molecule has 1 amide bonds. The van der Waals surface area contributed by atoms with Gasteiger partial charge >= 0.3 is 5.97 Å². The van der Waals surface area contributed by atoms with Gasteiger partial charge in [-0.1, -0.05) is 12.2 Å². The summed E-state index contributed by atoms with van der Waals surface area (Å²) in [5.74, 6) is -1.84. The van der Waals surface area contributed by atoms with Crippen molar-refractivity contribution in [3.8, 4) is 0 Å². The summed E-state index contributed by atoms with van der Waals surface area (Å²) >= 11 is 0. The van der Waals surface area contributed by atoms with Crippen molar-refractivity contribution >= 4 is 11.9 Å². The molecule has 0 aliphatic heterocycles. The number of carboxylic acids is 1. The predicted molar refractivity (Wildman–Crippen MR) is 60.9 cm³/mol. The van der Waals surface area contributed by atoms with E-state index in [1.54, 1.807) is 4.90 Å². The van der Waals surface area contributed by atoms with Crippen LogP contribution in [0.1, 0.15) is 26.7 Å². The molecule has 16 heavy (non-hydrogen) atoms. The van der Waals surface area contributed by atoms with Gasteiger partial charge in [0.15, 0.2) is 0 Å². The SMILES string of the molecule is CCN(CC)C(=O)[C@@H]1CC=CC[C@H]1C(=O)O. The quantitative estimate of drug-likeness (QED) is 0.738. The van der Waals surface area contributed by atoms with Crippen LogP contribution in [0.2, 0.25) is 0 Å². The maximum atomic E-state index is 12.1. The fourth-order valence-corrected chi connectivity index (χ4v) is 2.13. The third kappa shape index (κ3) is 2.62. The molecule has 0 saturated heterocycles. The van der Waals surface area contributed by atoms with Gasteiger partial charge in [-0.3, -0.25) is 9.59 Å². The normalized spacial score (nSPS) is 24.1. The average Bonchev–Trinajstić information content (AvgIpc) is 2.30. The van der Waals surface area contributed by atoms with Crippen LogP contribution in [0.25, 0.3) is 0 Å². The molecular formula is C12H19NO3. The lowest BCUT2D eigenvalue weighted by Crippen LogP contribution is -2.41. The molecule has 1 aliphatic rings. The lowest BCUT2D eigenvalue weighted by atomic mass is 9.82. The summed E-state index contributed by atoms with van der Waals surface area (Å²) in [5.41, 5.74) is 0. The van der Waals surface area contributed by atoms with Gasteiger partial charge in [-0.25, -0.2) is 0 Å². The summed E-state index contributed by atoms with van der Waals surface area (Å²) in [6.07, 6.45) is 4.77. The molecular weight excluding hydrogens is 206 g/mol. The summed E-state index contributed by atoms with van der Waals surface area (Å²) < 4.78 is 0. The number of nitrogens with zero attached hydrogens (tertiary/aromatic N) is 1. The van der Waals surface area contributed by atoms with Crippen LogP contribution in [0.3, 0.4) is 0 Å². The standard InChI is InChI=1S/C12H19NO3/c1-3-13(4-2)11(14)9-7-5-6-8-10(9)12(15)16/h5-6,9-10H,3-4,7-8H2,1-2H3,(H,15,16)/t9-,10-/m1/s1. The van der Waals surface area contributed by atoms with E-state index in [1.807, 2.05) is 26.0 Å². The highest BCUT2D eigenvalue weighted by Crippen LogP contribution is 2.27. The van der Waals surface area contributed by atoms with E-state index in [0.717, 1.165) is 0 Å². The van der Waals surface area contributed by atoms with Crippen molar-refractivity contribution in [2.24, 2.45) is 11.8 Å². The highest BCUT2D eigenvalue weighted by Gasteiger charge is 2.35. The summed E-state index contributed by atoms with van der Waals surface area (Å²) in [5, 5.41) is 9.08. The Hall–Kier alpha value is -1.32. The Balaban J connectivity index is 2.79. The van der Waals surface area contributed by atoms with Gasteiger partial charge in [0.25, 0.3) is 0 Å². The van der Waals surface area contributed by atoms with Gasteiger partial charge in [-0.05, 0) is 26.7 Å². The third-order valence-corrected chi connectivity index (χ3v) is 3.14. The number of carbonyl (C=O) groups excluding carboxylic acids is 1. The van der Waals surface area contributed by atoms with Crippen molar-refractivity contribution in [3.05, 3.63) is 12.2 Å². The molecule has 0 spiro atoms. The molecule has 0 unspecified atom stereocenters. The first-order valence-electron chi connectivity index (χ1n) is 5.78. The molecule has 0 heterocycles. The molecule has 0 aromatic rings. The summed E-state index contributed by atoms with van der Waals surface area (Å²) in [6, 6.07) is 0. The van der Waals surface area contributed by atoms with E-state index in [2.05, 4.69) is 0 Å². The van der Waals surface area contributed by atoms with Crippen LogP contribution in [0.4, 0.5) is 0 Å². The van der Waals surface area contributed by atoms with Gasteiger partial charge in [0, 0.05) is 13.1 Å². The van der Waals surface area contributed by atoms with Crippen molar-refractivity contribution in [1.82, 2.24) is 4.90 Å². The Bertz CT molecular complexity index is 295. The van der Waals surface area contributed by atoms with Crippen LogP contribution in [0.15, 0.2) is 12.2 Å². The number of rotatable bonds is 4. The van der Waals surface area contributed by atoms with Crippen molar-refractivity contribution in [1.29, 1.82) is 0 Å². The minimum absolute atomic E-state index is 0.0262. The smallest absolute Gasteiger partial charge is 0.307 e. The minimum atomic E-state index is -0.866. The van der Waals surface area contributed by atoms with E-state index in [0.29, 0.717) is 25.9 Å². The average molecular weight is 225 g/mol. The number of carboxylic acid groups (broad SMARTS) is 1. The fourth-order valence-electron chi connectivity index (χ4n) is 2.13. The molecule has 1 aliphatic carbocycles. The summed E-state index contributed by atoms with van der Waals surface area (Å²) in [6.45, 7) is 5.11. The topological polar surface area (TPSA) is 57.6 Å². The van der Waals surface area contributed by atoms with Crippen LogP contribution in [-0.4, -0.2) is 35.0 Å². The molecule has 0 radical (unpaired) electrons. The second-order valence-corrected chi connectivity index (χ2v) is 4.00. The maximum absolute atomic E-state index is 12.1. The number of hydrogen-bond acceptors (Lipinski definition) is 2. The summed E-state index contributed by atoms with van der Waals surface area (Å²) in [7, 11) is 0. The number of allylic oxidation sites excluding steroid dienone is 2. The Morgan fingerprint density at radius 1 is 1.19 bits per heavy atom. The van der Waals surface area contributed by atoms with Crippen molar-refractivity contribution in [3.63, 3.8) is 0 Å². The van der Waals surface area contributed by atoms with Crippen molar-refractivity contribution < 1.29 is 14.7 Å². The van der Waals surface area contributed by atoms with Crippen LogP contribution in [-0.2, 0) is 9.59 Å². The first kappa shape index (κ1) is 12.7. The van der Waals surface area contributed by atoms with Gasteiger partial charge < -0.3 is 10.0 Å². The number of aliphatic carboxylic acids is 1. The fraction of sp³-hybridized carbons (Fsp3) is 0.667. The lowest BCUT2D eigenvalue weighted by molar-refractivity contribution is -0.150. The number of hydrogen-bond donors (Lipinski definition) is 1. The Kier molecular flexibility index (Phi) is 4.52. The minimum Gasteiger partial charge on any atom is -0.481 e. The first-order chi connectivity index (χ1) is 7.61. The maximum Gasteiger partial charge on any atom is 0.307 e. The lowest BCUT2D eigenvalue weighted by Gasteiger charge is -2.29. The van der Waals surface area contributed by atoms with Crippen LogP contribution >= 0.6 is 0 Å². The molecule has 0 bridgehead atoms. The Labute approximate surface area is 95.9 Å². The number of carbonyl (C=O) groups is 2. The van der Waals surface area contributed by atoms with Crippen LogP contribution in [0, 0.1) is 11.8 Å². The monoisotopic (exact) mass is 225 g/mol. The molecule has 1 rings (SSSR count). The second-order valence-electron chi connectivity index (χ2n) is 4.00. The molecule has 1 N–H and O–H groups in total. The van der Waals surface area contributed by atoms with E-state index in [4.69, 9.17) is 5.11 Å². The van der Waals surface area contributed by atoms with Gasteiger partial charge in [0.2, 0.25) is 5.91 Å². The molecule has 90 valence electrons. The van der Waals surface area contributed by atoms with Gasteiger partial charge in [-0.15, -0.1) is 0 Å². The van der Waals surface area contributed by atoms with E-state index >= 15 is 0 Å². The first-order valence-corrected chi connectivity index (χ1v) is 5.78. The zero-order chi connectivity index (χ0) is 12.1. The molecule has 2 atom stereocenters. The van der Waals surface area contributed by atoms with E-state index < -0.39 is 11.9 Å². The van der Waals surface area contributed by atoms with Gasteiger partial charge in [0.05, 0.1) is 11.8 Å². The third-order valence-electron chi connectivity index (χ3n) is 3.14. The molecule has 0 saturated carbocycles. The zero-order valence-corrected chi connectivity index (χ0v) is 9.85. The van der Waals surface area contributed by atoms with Gasteiger partial charge in [-0.2, -0.15) is 0 Å². The van der Waals surface area contributed by atoms with Crippen molar-refractivity contribution in [2.45, 2.75) is 26.7 Å². The molecule has 4 nitrogen and oxygen atoms in total. The van der Waals surface area contributed by atoms with Crippen LogP contribution in [0.5, 0.6) is 0 Å². The second kappa shape index (κ2) is 5.68. The zero-order valence-electron chi connectivity index (χ0n) is 9.85. The Morgan fingerprint density at radius 3 is 2.12 bits per heavy atom. The molecule has 0 aromatic heterocycles. The van der Waals surface area contributed by atoms with Gasteiger partial charge in [0.1, 0.15) is 0 Å². The predicted octanol–water partition coefficient (Wildman–Crippen LogP) is 1.52. The van der Waals surface area contributed by atoms with Crippen molar-refractivity contribution in [2.75, 3.05) is 13.1 Å². The van der Waals surface area contributed by atoms with Crippen LogP contribution < -0.4 is 0 Å². The largest absolute Gasteiger partial charge is 0.481 e. The summed E-state index contributed by atoms with van der Waals surface area (Å²) in [4.78, 5) is 24.9. The highest BCUT2D eigenvalue weighted by atomic mass is 16.4. The highest BCUT2D eigenvalue weighted by molar-refractivity contribution is 5.85. The Morgan fingerprint density at radius 2 is 1.69 bits per heavy atom. The molecule has 0 fully saturated rings. The number of amides is 1. The van der Waals surface area contributed by atoms with E-state index in [9.17, 15) is 9.59 Å². The molecule has 4 heteroatoms.